The van der Waals surface area contributed by atoms with E-state index in [-0.39, 0.29) is 23.0 Å². The Morgan fingerprint density at radius 1 is 1.47 bits per heavy atom. The summed E-state index contributed by atoms with van der Waals surface area (Å²) in [6.07, 6.45) is 0. The Morgan fingerprint density at radius 2 is 2.11 bits per heavy atom. The van der Waals surface area contributed by atoms with Gasteiger partial charge in [-0.2, -0.15) is 4.31 Å². The van der Waals surface area contributed by atoms with Crippen molar-refractivity contribution in [2.24, 2.45) is 5.73 Å². The molecular weight excluding hydrogens is 290 g/mol. The lowest BCUT2D eigenvalue weighted by molar-refractivity contribution is -0.120. The monoisotopic (exact) mass is 305 g/mol. The van der Waals surface area contributed by atoms with E-state index < -0.39 is 15.9 Å². The molecule has 0 fully saturated rings. The van der Waals surface area contributed by atoms with Crippen LogP contribution in [0.15, 0.2) is 23.1 Å². The highest BCUT2D eigenvalue weighted by atomic mass is 35.5. The fourth-order valence-electron chi connectivity index (χ4n) is 1.41. The summed E-state index contributed by atoms with van der Waals surface area (Å²) in [7, 11) is -1.05. The number of rotatable bonds is 5. The third kappa shape index (κ3) is 3.66. The number of hydrogen-bond donors (Lipinski definition) is 2. The third-order valence-corrected chi connectivity index (χ3v) is 4.85. The number of halogens is 1. The first-order valence-corrected chi connectivity index (χ1v) is 7.30. The molecule has 0 aliphatic rings. The van der Waals surface area contributed by atoms with Gasteiger partial charge < -0.3 is 11.1 Å². The standard InChI is InChI=1S/C11H16ClN3O3S/c1-14-11(16)7-15(2)19(17,18)10-4-3-8(6-13)5-9(10)12/h3-5H,6-7,13H2,1-2H3,(H,14,16). The first-order chi connectivity index (χ1) is 8.82. The fraction of sp³-hybridized carbons (Fsp3) is 0.364. The van der Waals surface area contributed by atoms with Crippen molar-refractivity contribution in [1.29, 1.82) is 0 Å². The van der Waals surface area contributed by atoms with E-state index in [1.54, 1.807) is 6.07 Å². The second-order valence-corrected chi connectivity index (χ2v) is 6.32. The van der Waals surface area contributed by atoms with Crippen LogP contribution >= 0.6 is 11.6 Å². The second kappa shape index (κ2) is 6.33. The first kappa shape index (κ1) is 15.9. The minimum absolute atomic E-state index is 0.0437. The first-order valence-electron chi connectivity index (χ1n) is 5.48. The van der Waals surface area contributed by atoms with Crippen LogP contribution in [-0.2, 0) is 21.4 Å². The van der Waals surface area contributed by atoms with Gasteiger partial charge in [-0.3, -0.25) is 4.79 Å². The zero-order valence-corrected chi connectivity index (χ0v) is 12.3. The van der Waals surface area contributed by atoms with Crippen LogP contribution in [0.4, 0.5) is 0 Å². The Kier molecular flexibility index (Phi) is 5.30. The van der Waals surface area contributed by atoms with Crippen LogP contribution in [0.25, 0.3) is 0 Å². The predicted octanol–water partition coefficient (Wildman–Crippen LogP) is 0.165. The Balaban J connectivity index is 3.09. The van der Waals surface area contributed by atoms with E-state index in [9.17, 15) is 13.2 Å². The molecule has 19 heavy (non-hydrogen) atoms. The molecule has 0 aliphatic carbocycles. The molecular formula is C11H16ClN3O3S. The van der Waals surface area contributed by atoms with Gasteiger partial charge in [0.2, 0.25) is 15.9 Å². The topological polar surface area (TPSA) is 92.5 Å². The van der Waals surface area contributed by atoms with Crippen LogP contribution in [0, 0.1) is 0 Å². The number of carbonyl (C=O) groups excluding carboxylic acids is 1. The quantitative estimate of drug-likeness (QED) is 0.811. The summed E-state index contributed by atoms with van der Waals surface area (Å²) in [4.78, 5) is 11.2. The summed E-state index contributed by atoms with van der Waals surface area (Å²) in [6.45, 7) is 0.00191. The van der Waals surface area contributed by atoms with Crippen LogP contribution in [-0.4, -0.2) is 39.3 Å². The molecule has 0 atom stereocenters. The maximum absolute atomic E-state index is 12.2. The minimum Gasteiger partial charge on any atom is -0.358 e. The van der Waals surface area contributed by atoms with Gasteiger partial charge in [-0.1, -0.05) is 17.7 Å². The number of nitrogens with two attached hydrogens (primary N) is 1. The Bertz CT molecular complexity index is 575. The maximum atomic E-state index is 12.2. The van der Waals surface area contributed by atoms with Crippen molar-refractivity contribution >= 4 is 27.5 Å². The zero-order chi connectivity index (χ0) is 14.6. The molecule has 3 N–H and O–H groups in total. The number of benzene rings is 1. The van der Waals surface area contributed by atoms with Gasteiger partial charge in [0.1, 0.15) is 4.90 Å². The van der Waals surface area contributed by atoms with Crippen molar-refractivity contribution in [3.8, 4) is 0 Å². The molecule has 0 heterocycles. The van der Waals surface area contributed by atoms with Gasteiger partial charge in [-0.25, -0.2) is 8.42 Å². The predicted molar refractivity (Wildman–Crippen MR) is 73.2 cm³/mol. The molecule has 0 unspecified atom stereocenters. The van der Waals surface area contributed by atoms with Crippen LogP contribution < -0.4 is 11.1 Å². The van der Waals surface area contributed by atoms with Crippen LogP contribution in [0.3, 0.4) is 0 Å². The summed E-state index contributed by atoms with van der Waals surface area (Å²) >= 11 is 5.95. The van der Waals surface area contributed by atoms with E-state index in [1.807, 2.05) is 0 Å². The van der Waals surface area contributed by atoms with Gasteiger partial charge in [-0.05, 0) is 17.7 Å². The van der Waals surface area contributed by atoms with Crippen LogP contribution in [0.5, 0.6) is 0 Å². The minimum atomic E-state index is -3.80. The van der Waals surface area contributed by atoms with Gasteiger partial charge in [0, 0.05) is 20.6 Å². The van der Waals surface area contributed by atoms with E-state index in [4.69, 9.17) is 17.3 Å². The molecule has 1 aromatic rings. The van der Waals surface area contributed by atoms with Crippen molar-refractivity contribution in [1.82, 2.24) is 9.62 Å². The van der Waals surface area contributed by atoms with Gasteiger partial charge in [-0.15, -0.1) is 0 Å². The highest BCUT2D eigenvalue weighted by molar-refractivity contribution is 7.89. The normalized spacial score (nSPS) is 11.6. The van der Waals surface area contributed by atoms with E-state index >= 15 is 0 Å². The zero-order valence-electron chi connectivity index (χ0n) is 10.7. The number of carbonyl (C=O) groups is 1. The van der Waals surface area contributed by atoms with Crippen molar-refractivity contribution in [3.63, 3.8) is 0 Å². The van der Waals surface area contributed by atoms with Crippen molar-refractivity contribution in [2.45, 2.75) is 11.4 Å². The molecule has 0 aromatic heterocycles. The largest absolute Gasteiger partial charge is 0.358 e. The van der Waals surface area contributed by atoms with Gasteiger partial charge in [0.05, 0.1) is 11.6 Å². The summed E-state index contributed by atoms with van der Waals surface area (Å²) in [5, 5.41) is 2.45. The molecule has 8 heteroatoms. The van der Waals surface area contributed by atoms with Crippen molar-refractivity contribution < 1.29 is 13.2 Å². The number of hydrogen-bond acceptors (Lipinski definition) is 4. The number of nitrogens with zero attached hydrogens (tertiary/aromatic N) is 1. The number of sulfonamides is 1. The lowest BCUT2D eigenvalue weighted by Gasteiger charge is -2.17. The smallest absolute Gasteiger partial charge is 0.244 e. The molecule has 0 bridgehead atoms. The van der Waals surface area contributed by atoms with Crippen LogP contribution in [0.2, 0.25) is 5.02 Å². The van der Waals surface area contributed by atoms with Crippen LogP contribution in [0.1, 0.15) is 5.56 Å². The van der Waals surface area contributed by atoms with E-state index in [0.29, 0.717) is 0 Å². The Hall–Kier alpha value is -1.15. The fourth-order valence-corrected chi connectivity index (χ4v) is 3.08. The molecule has 1 aromatic carbocycles. The average molecular weight is 306 g/mol. The summed E-state index contributed by atoms with van der Waals surface area (Å²) in [5.74, 6) is -0.402. The molecule has 106 valence electrons. The third-order valence-electron chi connectivity index (χ3n) is 2.57. The molecule has 1 rings (SSSR count). The number of likely N-dealkylation sites (N-methyl/N-ethyl adjacent to an activating group) is 2. The SMILES string of the molecule is CNC(=O)CN(C)S(=O)(=O)c1ccc(CN)cc1Cl. The van der Waals surface area contributed by atoms with Gasteiger partial charge in [0.25, 0.3) is 0 Å². The van der Waals surface area contributed by atoms with E-state index in [1.165, 1.54) is 26.2 Å². The molecule has 0 saturated carbocycles. The maximum Gasteiger partial charge on any atom is 0.244 e. The van der Waals surface area contributed by atoms with Gasteiger partial charge in [0.15, 0.2) is 0 Å². The second-order valence-electron chi connectivity index (χ2n) is 3.90. The average Bonchev–Trinajstić information content (AvgIpc) is 2.37. The molecule has 0 aliphatic heterocycles. The molecule has 0 spiro atoms. The summed E-state index contributed by atoms with van der Waals surface area (Å²) < 4.78 is 25.4. The Morgan fingerprint density at radius 3 is 2.58 bits per heavy atom. The van der Waals surface area contributed by atoms with E-state index in [2.05, 4.69) is 5.32 Å². The van der Waals surface area contributed by atoms with Crippen molar-refractivity contribution in [2.75, 3.05) is 20.6 Å². The number of amides is 1. The summed E-state index contributed by atoms with van der Waals surface area (Å²) in [5.41, 5.74) is 6.18. The van der Waals surface area contributed by atoms with Gasteiger partial charge >= 0.3 is 0 Å². The molecule has 0 saturated heterocycles. The lowest BCUT2D eigenvalue weighted by Crippen LogP contribution is -2.37. The molecule has 1 amide bonds. The summed E-state index contributed by atoms with van der Waals surface area (Å²) in [6, 6.07) is 4.48. The van der Waals surface area contributed by atoms with Crippen molar-refractivity contribution in [3.05, 3.63) is 28.8 Å². The molecule has 0 radical (unpaired) electrons. The highest BCUT2D eigenvalue weighted by Crippen LogP contribution is 2.25. The number of nitrogens with one attached hydrogen (secondary N) is 1. The highest BCUT2D eigenvalue weighted by Gasteiger charge is 2.25. The van der Waals surface area contributed by atoms with E-state index in [0.717, 1.165) is 9.87 Å². The lowest BCUT2D eigenvalue weighted by atomic mass is 10.2. The Labute approximate surface area is 117 Å². The molecule has 6 nitrogen and oxygen atoms in total.